The van der Waals surface area contributed by atoms with Crippen LogP contribution in [0.2, 0.25) is 5.28 Å². The molecule has 1 aromatic carbocycles. The third-order valence-corrected chi connectivity index (χ3v) is 2.27. The summed E-state index contributed by atoms with van der Waals surface area (Å²) in [5, 5.41) is 2.62. The fourth-order valence-electron chi connectivity index (χ4n) is 1.35. The minimum Gasteiger partial charge on any atom is -0.461 e. The van der Waals surface area contributed by atoms with Crippen molar-refractivity contribution in [3.63, 3.8) is 0 Å². The Morgan fingerprint density at radius 2 is 1.90 bits per heavy atom. The topological polar surface area (TPSA) is 59.9 Å². The van der Waals surface area contributed by atoms with Gasteiger partial charge in [-0.3, -0.25) is 0 Å². The van der Waals surface area contributed by atoms with E-state index in [-0.39, 0.29) is 29.0 Å². The van der Waals surface area contributed by atoms with Gasteiger partial charge >= 0.3 is 6.01 Å². The Hall–Kier alpha value is -2.02. The Balaban J connectivity index is 2.24. The summed E-state index contributed by atoms with van der Waals surface area (Å²) in [6.07, 6.45) is -0.135. The highest BCUT2D eigenvalue weighted by molar-refractivity contribution is 6.28. The normalized spacial score (nSPS) is 10.7. The van der Waals surface area contributed by atoms with Crippen molar-refractivity contribution in [3.05, 3.63) is 35.1 Å². The van der Waals surface area contributed by atoms with Gasteiger partial charge in [-0.2, -0.15) is 15.0 Å². The highest BCUT2D eigenvalue weighted by Crippen LogP contribution is 2.19. The van der Waals surface area contributed by atoms with Gasteiger partial charge in [0.1, 0.15) is 0 Å². The highest BCUT2D eigenvalue weighted by atomic mass is 35.5. The lowest BCUT2D eigenvalue weighted by molar-refractivity contribution is 0.222. The van der Waals surface area contributed by atoms with Crippen molar-refractivity contribution in [2.24, 2.45) is 0 Å². The number of aromatic nitrogens is 3. The molecule has 0 atom stereocenters. The van der Waals surface area contributed by atoms with Gasteiger partial charge in [-0.05, 0) is 37.6 Å². The first-order valence-electron chi connectivity index (χ1n) is 5.74. The van der Waals surface area contributed by atoms with Crippen LogP contribution in [0.4, 0.5) is 20.4 Å². The van der Waals surface area contributed by atoms with Gasteiger partial charge in [0.15, 0.2) is 11.6 Å². The maximum Gasteiger partial charge on any atom is 0.322 e. The van der Waals surface area contributed by atoms with E-state index in [1.165, 1.54) is 6.07 Å². The molecule has 0 saturated heterocycles. The minimum atomic E-state index is -0.978. The van der Waals surface area contributed by atoms with Crippen LogP contribution in [0.25, 0.3) is 0 Å². The van der Waals surface area contributed by atoms with Crippen molar-refractivity contribution in [1.29, 1.82) is 0 Å². The number of ether oxygens (including phenoxy) is 1. The second kappa shape index (κ2) is 5.96. The Labute approximate surface area is 119 Å². The van der Waals surface area contributed by atoms with E-state index in [0.717, 1.165) is 12.1 Å². The van der Waals surface area contributed by atoms with Crippen molar-refractivity contribution in [3.8, 4) is 6.01 Å². The average molecular weight is 301 g/mol. The van der Waals surface area contributed by atoms with Gasteiger partial charge in [0.25, 0.3) is 0 Å². The van der Waals surface area contributed by atoms with Crippen LogP contribution in [0.1, 0.15) is 13.8 Å². The van der Waals surface area contributed by atoms with Gasteiger partial charge in [0.2, 0.25) is 11.2 Å². The number of nitrogens with one attached hydrogen (secondary N) is 1. The van der Waals surface area contributed by atoms with Gasteiger partial charge in [-0.25, -0.2) is 8.78 Å². The van der Waals surface area contributed by atoms with Crippen LogP contribution in [0.15, 0.2) is 18.2 Å². The average Bonchev–Trinajstić information content (AvgIpc) is 2.32. The van der Waals surface area contributed by atoms with Crippen molar-refractivity contribution in [2.75, 3.05) is 5.32 Å². The maximum absolute atomic E-state index is 13.1. The molecule has 0 amide bonds. The van der Waals surface area contributed by atoms with E-state index in [9.17, 15) is 8.78 Å². The van der Waals surface area contributed by atoms with Crippen molar-refractivity contribution in [1.82, 2.24) is 15.0 Å². The predicted octanol–water partition coefficient (Wildman–Crippen LogP) is 3.33. The summed E-state index contributed by atoms with van der Waals surface area (Å²) in [6.45, 7) is 3.61. The van der Waals surface area contributed by atoms with Crippen molar-refractivity contribution in [2.45, 2.75) is 20.0 Å². The fraction of sp³-hybridized carbons (Fsp3) is 0.250. The summed E-state index contributed by atoms with van der Waals surface area (Å²) in [5.74, 6) is -1.84. The lowest BCUT2D eigenvalue weighted by atomic mass is 10.3. The number of benzene rings is 1. The highest BCUT2D eigenvalue weighted by Gasteiger charge is 2.09. The van der Waals surface area contributed by atoms with Crippen LogP contribution in [0.3, 0.4) is 0 Å². The van der Waals surface area contributed by atoms with E-state index in [0.29, 0.717) is 0 Å². The first kappa shape index (κ1) is 14.4. The van der Waals surface area contributed by atoms with Crippen LogP contribution in [-0.4, -0.2) is 21.1 Å². The second-order valence-corrected chi connectivity index (χ2v) is 4.47. The molecule has 1 N–H and O–H groups in total. The minimum absolute atomic E-state index is 0.0464. The van der Waals surface area contributed by atoms with E-state index in [1.54, 1.807) is 13.8 Å². The monoisotopic (exact) mass is 300 g/mol. The molecule has 0 bridgehead atoms. The van der Waals surface area contributed by atoms with Crippen LogP contribution in [0.5, 0.6) is 6.01 Å². The van der Waals surface area contributed by atoms with Crippen LogP contribution >= 0.6 is 11.6 Å². The lowest BCUT2D eigenvalue weighted by Crippen LogP contribution is -2.10. The zero-order valence-electron chi connectivity index (χ0n) is 10.7. The molecular formula is C12H11ClF2N4O. The molecule has 0 unspecified atom stereocenters. The van der Waals surface area contributed by atoms with Crippen LogP contribution < -0.4 is 10.1 Å². The first-order chi connectivity index (χ1) is 9.44. The summed E-state index contributed by atoms with van der Waals surface area (Å²) >= 11 is 5.74. The smallest absolute Gasteiger partial charge is 0.322 e. The third kappa shape index (κ3) is 3.74. The van der Waals surface area contributed by atoms with Gasteiger partial charge in [-0.1, -0.05) is 0 Å². The zero-order chi connectivity index (χ0) is 14.7. The van der Waals surface area contributed by atoms with Gasteiger partial charge < -0.3 is 10.1 Å². The van der Waals surface area contributed by atoms with E-state index >= 15 is 0 Å². The Kier molecular flexibility index (Phi) is 4.29. The summed E-state index contributed by atoms with van der Waals surface area (Å²) in [4.78, 5) is 11.6. The molecule has 0 aliphatic heterocycles. The number of halogens is 3. The van der Waals surface area contributed by atoms with E-state index in [1.807, 2.05) is 0 Å². The largest absolute Gasteiger partial charge is 0.461 e. The van der Waals surface area contributed by atoms with Crippen molar-refractivity contribution >= 4 is 23.2 Å². The molecule has 20 heavy (non-hydrogen) atoms. The summed E-state index contributed by atoms with van der Waals surface area (Å²) in [6, 6.07) is 3.37. The van der Waals surface area contributed by atoms with Gasteiger partial charge in [0, 0.05) is 11.8 Å². The maximum atomic E-state index is 13.1. The van der Waals surface area contributed by atoms with Gasteiger partial charge in [-0.15, -0.1) is 0 Å². The molecule has 0 radical (unpaired) electrons. The molecule has 1 heterocycles. The van der Waals surface area contributed by atoms with Crippen molar-refractivity contribution < 1.29 is 13.5 Å². The molecule has 106 valence electrons. The molecule has 2 aromatic rings. The Morgan fingerprint density at radius 1 is 1.15 bits per heavy atom. The third-order valence-electron chi connectivity index (χ3n) is 2.10. The molecule has 0 fully saturated rings. The van der Waals surface area contributed by atoms with Crippen LogP contribution in [0, 0.1) is 11.6 Å². The molecule has 1 aromatic heterocycles. The number of anilines is 2. The number of hydrogen-bond acceptors (Lipinski definition) is 5. The van der Waals surface area contributed by atoms with E-state index in [4.69, 9.17) is 16.3 Å². The first-order valence-corrected chi connectivity index (χ1v) is 6.12. The number of nitrogens with zero attached hydrogens (tertiary/aromatic N) is 3. The molecule has 0 aliphatic carbocycles. The summed E-state index contributed by atoms with van der Waals surface area (Å²) < 4.78 is 31.2. The zero-order valence-corrected chi connectivity index (χ0v) is 11.4. The molecule has 8 heteroatoms. The van der Waals surface area contributed by atoms with Crippen LogP contribution in [-0.2, 0) is 0 Å². The molecule has 5 nitrogen and oxygen atoms in total. The Morgan fingerprint density at radius 3 is 2.55 bits per heavy atom. The Bertz CT molecular complexity index is 624. The molecule has 0 spiro atoms. The summed E-state index contributed by atoms with van der Waals surface area (Å²) in [7, 11) is 0. The lowest BCUT2D eigenvalue weighted by Gasteiger charge is -2.09. The fourth-order valence-corrected chi connectivity index (χ4v) is 1.51. The van der Waals surface area contributed by atoms with E-state index < -0.39 is 11.6 Å². The number of hydrogen-bond donors (Lipinski definition) is 1. The molecule has 0 saturated carbocycles. The standard InChI is InChI=1S/C12H11ClF2N4O/c1-6(2)20-12-18-10(13)17-11(19-12)16-7-3-4-8(14)9(15)5-7/h3-6H,1-2H3,(H,16,17,18,19). The van der Waals surface area contributed by atoms with Gasteiger partial charge in [0.05, 0.1) is 6.10 Å². The van der Waals surface area contributed by atoms with E-state index in [2.05, 4.69) is 20.3 Å². The molecular weight excluding hydrogens is 290 g/mol. The summed E-state index contributed by atoms with van der Waals surface area (Å²) in [5.41, 5.74) is 0.279. The SMILES string of the molecule is CC(C)Oc1nc(Cl)nc(Nc2ccc(F)c(F)c2)n1. The predicted molar refractivity (Wildman–Crippen MR) is 70.2 cm³/mol. The number of rotatable bonds is 4. The molecule has 2 rings (SSSR count). The molecule has 0 aliphatic rings. The quantitative estimate of drug-likeness (QED) is 0.938. The second-order valence-electron chi connectivity index (χ2n) is 4.13.